The average molecular weight is 214 g/mol. The molecule has 80 valence electrons. The van der Waals surface area contributed by atoms with Crippen LogP contribution in [-0.4, -0.2) is 10.4 Å². The van der Waals surface area contributed by atoms with Crippen LogP contribution in [-0.2, 0) is 7.05 Å². The Morgan fingerprint density at radius 1 is 1.19 bits per heavy atom. The predicted molar refractivity (Wildman–Crippen MR) is 60.7 cm³/mol. The number of carbonyl (C=O) groups excluding carboxylic acids is 1. The smallest absolute Gasteiger partial charge is 0.211 e. The van der Waals surface area contributed by atoms with Gasteiger partial charge in [0.25, 0.3) is 0 Å². The van der Waals surface area contributed by atoms with Crippen LogP contribution in [0.25, 0.3) is 0 Å². The Labute approximate surface area is 92.5 Å². The SMILES string of the molecule is Cn1cccc1C(=O)c1ccccc1N=O. The van der Waals surface area contributed by atoms with Gasteiger partial charge in [-0.1, -0.05) is 12.1 Å². The van der Waals surface area contributed by atoms with E-state index in [1.807, 2.05) is 0 Å². The number of aryl methyl sites for hydroxylation is 1. The lowest BCUT2D eigenvalue weighted by atomic mass is 10.1. The fourth-order valence-corrected chi connectivity index (χ4v) is 1.58. The van der Waals surface area contributed by atoms with Gasteiger partial charge in [-0.3, -0.25) is 4.79 Å². The summed E-state index contributed by atoms with van der Waals surface area (Å²) < 4.78 is 1.71. The van der Waals surface area contributed by atoms with Crippen molar-refractivity contribution in [1.82, 2.24) is 4.57 Å². The van der Waals surface area contributed by atoms with Crippen molar-refractivity contribution < 1.29 is 4.79 Å². The molecule has 2 aromatic rings. The molecule has 0 spiro atoms. The van der Waals surface area contributed by atoms with Crippen LogP contribution < -0.4 is 0 Å². The quantitative estimate of drug-likeness (QED) is 0.582. The third-order valence-electron chi connectivity index (χ3n) is 2.42. The zero-order chi connectivity index (χ0) is 11.5. The first kappa shape index (κ1) is 10.3. The first-order valence-corrected chi connectivity index (χ1v) is 4.82. The van der Waals surface area contributed by atoms with E-state index < -0.39 is 0 Å². The normalized spacial score (nSPS) is 10.1. The first-order chi connectivity index (χ1) is 7.74. The molecule has 0 amide bonds. The van der Waals surface area contributed by atoms with E-state index in [0.717, 1.165) is 0 Å². The maximum atomic E-state index is 12.1. The molecule has 0 aliphatic carbocycles. The molecule has 4 nitrogen and oxygen atoms in total. The van der Waals surface area contributed by atoms with E-state index in [1.165, 1.54) is 6.07 Å². The number of hydrogen-bond donors (Lipinski definition) is 0. The van der Waals surface area contributed by atoms with E-state index in [4.69, 9.17) is 0 Å². The Bertz CT molecular complexity index is 543. The highest BCUT2D eigenvalue weighted by atomic mass is 16.3. The van der Waals surface area contributed by atoms with Crippen molar-refractivity contribution in [3.63, 3.8) is 0 Å². The summed E-state index contributed by atoms with van der Waals surface area (Å²) >= 11 is 0. The predicted octanol–water partition coefficient (Wildman–Crippen LogP) is 2.65. The molecule has 2 rings (SSSR count). The van der Waals surface area contributed by atoms with Crippen molar-refractivity contribution in [2.75, 3.05) is 0 Å². The maximum Gasteiger partial charge on any atom is 0.211 e. The van der Waals surface area contributed by atoms with Crippen molar-refractivity contribution in [2.24, 2.45) is 12.2 Å². The standard InChI is InChI=1S/C12H10N2O2/c1-14-8-4-7-11(14)12(15)9-5-2-3-6-10(9)13-16/h2-8H,1H3. The summed E-state index contributed by atoms with van der Waals surface area (Å²) in [5, 5.41) is 2.85. The molecule has 4 heteroatoms. The molecule has 1 aromatic heterocycles. The molecular formula is C12H10N2O2. The van der Waals surface area contributed by atoms with Crippen molar-refractivity contribution in [2.45, 2.75) is 0 Å². The molecule has 0 saturated carbocycles. The highest BCUT2D eigenvalue weighted by Crippen LogP contribution is 2.21. The van der Waals surface area contributed by atoms with Crippen LogP contribution in [0.4, 0.5) is 5.69 Å². The molecule has 0 radical (unpaired) electrons. The molecule has 0 aliphatic heterocycles. The topological polar surface area (TPSA) is 51.4 Å². The molecule has 1 aromatic carbocycles. The zero-order valence-electron chi connectivity index (χ0n) is 8.75. The number of ketones is 1. The summed E-state index contributed by atoms with van der Waals surface area (Å²) in [5.41, 5.74) is 1.05. The number of benzene rings is 1. The van der Waals surface area contributed by atoms with E-state index in [1.54, 1.807) is 48.1 Å². The van der Waals surface area contributed by atoms with Crippen LogP contribution in [0.2, 0.25) is 0 Å². The van der Waals surface area contributed by atoms with Crippen LogP contribution in [0.15, 0.2) is 47.8 Å². The summed E-state index contributed by atoms with van der Waals surface area (Å²) in [5.74, 6) is -0.192. The van der Waals surface area contributed by atoms with Gasteiger partial charge in [-0.2, -0.15) is 0 Å². The van der Waals surface area contributed by atoms with Gasteiger partial charge in [0.05, 0.1) is 11.3 Å². The monoisotopic (exact) mass is 214 g/mol. The van der Waals surface area contributed by atoms with E-state index in [2.05, 4.69) is 5.18 Å². The van der Waals surface area contributed by atoms with Crippen LogP contribution in [0.3, 0.4) is 0 Å². The lowest BCUT2D eigenvalue weighted by Gasteiger charge is -2.03. The fourth-order valence-electron chi connectivity index (χ4n) is 1.58. The summed E-state index contributed by atoms with van der Waals surface area (Å²) in [6.45, 7) is 0. The van der Waals surface area contributed by atoms with E-state index >= 15 is 0 Å². The van der Waals surface area contributed by atoms with Gasteiger partial charge in [0.2, 0.25) is 5.78 Å². The Balaban J connectivity index is 2.49. The molecule has 16 heavy (non-hydrogen) atoms. The number of nitrogens with zero attached hydrogens (tertiary/aromatic N) is 2. The van der Waals surface area contributed by atoms with Gasteiger partial charge >= 0.3 is 0 Å². The molecule has 0 N–H and O–H groups in total. The van der Waals surface area contributed by atoms with E-state index in [-0.39, 0.29) is 11.5 Å². The van der Waals surface area contributed by atoms with Crippen LogP contribution in [0.1, 0.15) is 16.1 Å². The Hall–Kier alpha value is -2.23. The van der Waals surface area contributed by atoms with E-state index in [9.17, 15) is 9.70 Å². The molecule has 0 unspecified atom stereocenters. The van der Waals surface area contributed by atoms with Gasteiger partial charge in [-0.25, -0.2) is 0 Å². The van der Waals surface area contributed by atoms with Crippen LogP contribution in [0, 0.1) is 4.91 Å². The number of carbonyl (C=O) groups is 1. The Morgan fingerprint density at radius 3 is 2.56 bits per heavy atom. The second-order valence-electron chi connectivity index (χ2n) is 3.44. The van der Waals surface area contributed by atoms with Crippen molar-refractivity contribution in [3.05, 3.63) is 58.8 Å². The minimum absolute atomic E-state index is 0.175. The average Bonchev–Trinajstić information content (AvgIpc) is 2.74. The summed E-state index contributed by atoms with van der Waals surface area (Å²) in [6.07, 6.45) is 1.78. The molecule has 0 aliphatic rings. The zero-order valence-corrected chi connectivity index (χ0v) is 8.75. The van der Waals surface area contributed by atoms with Gasteiger partial charge in [-0.05, 0) is 29.4 Å². The van der Waals surface area contributed by atoms with Gasteiger partial charge in [0.15, 0.2) is 0 Å². The fraction of sp³-hybridized carbons (Fsp3) is 0.0833. The largest absolute Gasteiger partial charge is 0.348 e. The third-order valence-corrected chi connectivity index (χ3v) is 2.42. The molecule has 1 heterocycles. The number of hydrogen-bond acceptors (Lipinski definition) is 3. The Morgan fingerprint density at radius 2 is 1.94 bits per heavy atom. The van der Waals surface area contributed by atoms with Gasteiger partial charge in [0.1, 0.15) is 5.69 Å². The minimum atomic E-state index is -0.192. The second-order valence-corrected chi connectivity index (χ2v) is 3.44. The maximum absolute atomic E-state index is 12.1. The Kier molecular flexibility index (Phi) is 2.64. The first-order valence-electron chi connectivity index (χ1n) is 4.82. The van der Waals surface area contributed by atoms with Gasteiger partial charge in [-0.15, -0.1) is 4.91 Å². The van der Waals surface area contributed by atoms with Crippen LogP contribution >= 0.6 is 0 Å². The van der Waals surface area contributed by atoms with Crippen molar-refractivity contribution in [3.8, 4) is 0 Å². The molecule has 0 bridgehead atoms. The summed E-state index contributed by atoms with van der Waals surface area (Å²) in [6, 6.07) is 10.0. The number of rotatable bonds is 3. The second kappa shape index (κ2) is 4.10. The van der Waals surface area contributed by atoms with Crippen LogP contribution in [0.5, 0.6) is 0 Å². The molecule has 0 fully saturated rings. The van der Waals surface area contributed by atoms with Gasteiger partial charge in [0, 0.05) is 13.2 Å². The van der Waals surface area contributed by atoms with Gasteiger partial charge < -0.3 is 4.57 Å². The molecular weight excluding hydrogens is 204 g/mol. The summed E-state index contributed by atoms with van der Waals surface area (Å²) in [4.78, 5) is 22.7. The number of aromatic nitrogens is 1. The highest BCUT2D eigenvalue weighted by molar-refractivity contribution is 6.11. The molecule has 0 saturated heterocycles. The minimum Gasteiger partial charge on any atom is -0.348 e. The van der Waals surface area contributed by atoms with Crippen molar-refractivity contribution in [1.29, 1.82) is 0 Å². The summed E-state index contributed by atoms with van der Waals surface area (Å²) in [7, 11) is 1.78. The lowest BCUT2D eigenvalue weighted by molar-refractivity contribution is 0.103. The van der Waals surface area contributed by atoms with E-state index in [0.29, 0.717) is 11.3 Å². The highest BCUT2D eigenvalue weighted by Gasteiger charge is 2.15. The molecule has 0 atom stereocenters. The van der Waals surface area contributed by atoms with Crippen molar-refractivity contribution >= 4 is 11.5 Å². The third kappa shape index (κ3) is 1.65. The lowest BCUT2D eigenvalue weighted by Crippen LogP contribution is -2.06. The number of nitroso groups, excluding NO2 is 1.